The fraction of sp³-hybridized carbons (Fsp3) is 0.294. The predicted molar refractivity (Wildman–Crippen MR) is 82.6 cm³/mol. The molecule has 0 unspecified atom stereocenters. The van der Waals surface area contributed by atoms with E-state index in [0.717, 1.165) is 6.54 Å². The van der Waals surface area contributed by atoms with Gasteiger partial charge < -0.3 is 19.9 Å². The van der Waals surface area contributed by atoms with Crippen molar-refractivity contribution in [2.75, 3.05) is 20.3 Å². The normalized spacial score (nSPS) is 11.9. The fourth-order valence-electron chi connectivity index (χ4n) is 1.96. The standard InChI is InChI=1S/C17H21NO3/c1-20-16-9-5-6-10-17(16)21-13-15(19)12-18-11-14-7-3-2-4-8-14/h2-10,15,18-19H,11-13H2,1H3/t15-/m0/s1. The number of rotatable bonds is 8. The van der Waals surface area contributed by atoms with Crippen molar-refractivity contribution < 1.29 is 14.6 Å². The Bertz CT molecular complexity index is 531. The zero-order valence-electron chi connectivity index (χ0n) is 12.2. The van der Waals surface area contributed by atoms with Gasteiger partial charge in [-0.25, -0.2) is 0 Å². The van der Waals surface area contributed by atoms with Crippen molar-refractivity contribution in [1.82, 2.24) is 5.32 Å². The molecule has 112 valence electrons. The summed E-state index contributed by atoms with van der Waals surface area (Å²) >= 11 is 0. The molecule has 2 N–H and O–H groups in total. The third-order valence-corrected chi connectivity index (χ3v) is 3.05. The molecule has 0 radical (unpaired) electrons. The van der Waals surface area contributed by atoms with E-state index in [4.69, 9.17) is 9.47 Å². The van der Waals surface area contributed by atoms with E-state index in [1.807, 2.05) is 54.6 Å². The van der Waals surface area contributed by atoms with Crippen molar-refractivity contribution in [2.45, 2.75) is 12.6 Å². The Balaban J connectivity index is 1.71. The molecule has 0 aliphatic rings. The first-order chi connectivity index (χ1) is 10.3. The summed E-state index contributed by atoms with van der Waals surface area (Å²) in [6.07, 6.45) is -0.571. The quantitative estimate of drug-likeness (QED) is 0.781. The summed E-state index contributed by atoms with van der Waals surface area (Å²) in [5.74, 6) is 1.31. The molecule has 0 amide bonds. The highest BCUT2D eigenvalue weighted by Gasteiger charge is 2.07. The summed E-state index contributed by atoms with van der Waals surface area (Å²) in [4.78, 5) is 0. The van der Waals surface area contributed by atoms with Crippen molar-refractivity contribution in [2.24, 2.45) is 0 Å². The number of ether oxygens (including phenoxy) is 2. The highest BCUT2D eigenvalue weighted by molar-refractivity contribution is 5.39. The van der Waals surface area contributed by atoms with Crippen LogP contribution >= 0.6 is 0 Å². The minimum absolute atomic E-state index is 0.224. The lowest BCUT2D eigenvalue weighted by Crippen LogP contribution is -2.31. The van der Waals surface area contributed by atoms with Crippen molar-refractivity contribution >= 4 is 0 Å². The Hall–Kier alpha value is -2.04. The average Bonchev–Trinajstić information content (AvgIpc) is 2.54. The molecule has 0 bridgehead atoms. The molecule has 2 aromatic carbocycles. The van der Waals surface area contributed by atoms with Crippen LogP contribution in [0.25, 0.3) is 0 Å². The Kier molecular flexibility index (Phi) is 6.06. The highest BCUT2D eigenvalue weighted by Crippen LogP contribution is 2.25. The fourth-order valence-corrected chi connectivity index (χ4v) is 1.96. The molecular formula is C17H21NO3. The summed E-state index contributed by atoms with van der Waals surface area (Å²) in [5.41, 5.74) is 1.19. The van der Waals surface area contributed by atoms with Crippen LogP contribution in [0.1, 0.15) is 5.56 Å². The Labute approximate surface area is 125 Å². The molecule has 2 rings (SSSR count). The van der Waals surface area contributed by atoms with Crippen LogP contribution in [-0.2, 0) is 6.54 Å². The maximum Gasteiger partial charge on any atom is 0.161 e. The van der Waals surface area contributed by atoms with Crippen LogP contribution in [-0.4, -0.2) is 31.5 Å². The summed E-state index contributed by atoms with van der Waals surface area (Å²) < 4.78 is 10.8. The number of hydrogen-bond donors (Lipinski definition) is 2. The van der Waals surface area contributed by atoms with Gasteiger partial charge in [0.25, 0.3) is 0 Å². The van der Waals surface area contributed by atoms with Crippen LogP contribution in [0.4, 0.5) is 0 Å². The first-order valence-electron chi connectivity index (χ1n) is 6.98. The summed E-state index contributed by atoms with van der Waals surface area (Å²) in [6.45, 7) is 1.43. The number of benzene rings is 2. The van der Waals surface area contributed by atoms with Crippen LogP contribution in [0, 0.1) is 0 Å². The number of hydrogen-bond acceptors (Lipinski definition) is 4. The van der Waals surface area contributed by atoms with Gasteiger partial charge in [0.1, 0.15) is 12.7 Å². The van der Waals surface area contributed by atoms with Gasteiger partial charge in [-0.2, -0.15) is 0 Å². The van der Waals surface area contributed by atoms with E-state index < -0.39 is 6.10 Å². The van der Waals surface area contributed by atoms with Crippen molar-refractivity contribution in [3.63, 3.8) is 0 Å². The van der Waals surface area contributed by atoms with Gasteiger partial charge in [0.15, 0.2) is 11.5 Å². The Morgan fingerprint density at radius 3 is 2.38 bits per heavy atom. The SMILES string of the molecule is COc1ccccc1OC[C@@H](O)CNCc1ccccc1. The number of methoxy groups -OCH3 is 1. The van der Waals surface area contributed by atoms with E-state index in [2.05, 4.69) is 5.32 Å². The molecule has 0 aliphatic heterocycles. The van der Waals surface area contributed by atoms with Gasteiger partial charge in [-0.3, -0.25) is 0 Å². The van der Waals surface area contributed by atoms with Crippen molar-refractivity contribution in [3.05, 3.63) is 60.2 Å². The maximum absolute atomic E-state index is 9.92. The molecule has 4 nitrogen and oxygen atoms in total. The van der Waals surface area contributed by atoms with Gasteiger partial charge in [-0.15, -0.1) is 0 Å². The zero-order valence-corrected chi connectivity index (χ0v) is 12.2. The monoisotopic (exact) mass is 287 g/mol. The second kappa shape index (κ2) is 8.29. The van der Waals surface area contributed by atoms with E-state index in [-0.39, 0.29) is 6.61 Å². The van der Waals surface area contributed by atoms with Gasteiger partial charge in [0.05, 0.1) is 7.11 Å². The molecule has 0 heterocycles. The van der Waals surface area contributed by atoms with Gasteiger partial charge in [0, 0.05) is 13.1 Å². The Morgan fingerprint density at radius 1 is 1.00 bits per heavy atom. The second-order valence-electron chi connectivity index (χ2n) is 4.73. The largest absolute Gasteiger partial charge is 0.493 e. The molecular weight excluding hydrogens is 266 g/mol. The van der Waals surface area contributed by atoms with Crippen LogP contribution in [0.15, 0.2) is 54.6 Å². The summed E-state index contributed by atoms with van der Waals surface area (Å²) in [6, 6.07) is 17.5. The topological polar surface area (TPSA) is 50.7 Å². The lowest BCUT2D eigenvalue weighted by Gasteiger charge is -2.15. The zero-order chi connectivity index (χ0) is 14.9. The van der Waals surface area contributed by atoms with Crippen molar-refractivity contribution in [1.29, 1.82) is 0 Å². The lowest BCUT2D eigenvalue weighted by molar-refractivity contribution is 0.104. The third kappa shape index (κ3) is 5.10. The van der Waals surface area contributed by atoms with Crippen LogP contribution in [0.5, 0.6) is 11.5 Å². The van der Waals surface area contributed by atoms with Crippen LogP contribution in [0.2, 0.25) is 0 Å². The number of aliphatic hydroxyl groups excluding tert-OH is 1. The molecule has 0 aromatic heterocycles. The van der Waals surface area contributed by atoms with E-state index in [0.29, 0.717) is 18.0 Å². The molecule has 0 saturated heterocycles. The molecule has 0 aliphatic carbocycles. The molecule has 4 heteroatoms. The lowest BCUT2D eigenvalue weighted by atomic mass is 10.2. The minimum Gasteiger partial charge on any atom is -0.493 e. The molecule has 0 spiro atoms. The second-order valence-corrected chi connectivity index (χ2v) is 4.73. The third-order valence-electron chi connectivity index (χ3n) is 3.05. The van der Waals surface area contributed by atoms with Crippen LogP contribution in [0.3, 0.4) is 0 Å². The molecule has 1 atom stereocenters. The molecule has 0 fully saturated rings. The molecule has 2 aromatic rings. The van der Waals surface area contributed by atoms with E-state index in [9.17, 15) is 5.11 Å². The number of aliphatic hydroxyl groups is 1. The number of para-hydroxylation sites is 2. The predicted octanol–water partition coefficient (Wildman–Crippen LogP) is 2.22. The summed E-state index contributed by atoms with van der Waals surface area (Å²) in [5, 5.41) is 13.1. The molecule has 21 heavy (non-hydrogen) atoms. The molecule has 0 saturated carbocycles. The van der Waals surface area contributed by atoms with Crippen LogP contribution < -0.4 is 14.8 Å². The van der Waals surface area contributed by atoms with Crippen molar-refractivity contribution in [3.8, 4) is 11.5 Å². The highest BCUT2D eigenvalue weighted by atomic mass is 16.5. The first-order valence-corrected chi connectivity index (χ1v) is 6.98. The maximum atomic E-state index is 9.92. The minimum atomic E-state index is -0.571. The van der Waals surface area contributed by atoms with Gasteiger partial charge >= 0.3 is 0 Å². The van der Waals surface area contributed by atoms with E-state index in [1.54, 1.807) is 7.11 Å². The van der Waals surface area contributed by atoms with Gasteiger partial charge in [-0.1, -0.05) is 42.5 Å². The smallest absolute Gasteiger partial charge is 0.161 e. The summed E-state index contributed by atoms with van der Waals surface area (Å²) in [7, 11) is 1.60. The number of nitrogens with one attached hydrogen (secondary N) is 1. The Morgan fingerprint density at radius 2 is 1.67 bits per heavy atom. The average molecular weight is 287 g/mol. The van der Waals surface area contributed by atoms with E-state index in [1.165, 1.54) is 5.56 Å². The van der Waals surface area contributed by atoms with Gasteiger partial charge in [0.2, 0.25) is 0 Å². The van der Waals surface area contributed by atoms with Gasteiger partial charge in [-0.05, 0) is 17.7 Å². The van der Waals surface area contributed by atoms with E-state index >= 15 is 0 Å². The first kappa shape index (κ1) is 15.4.